The Morgan fingerprint density at radius 1 is 1.11 bits per heavy atom. The third-order valence-corrected chi connectivity index (χ3v) is 3.29. The molecule has 2 heteroatoms. The molecule has 0 amide bonds. The minimum atomic E-state index is 0.224. The number of aromatic nitrogens is 2. The highest BCUT2D eigenvalue weighted by Crippen LogP contribution is 2.22. The molecule has 1 aromatic carbocycles. The van der Waals surface area contributed by atoms with Crippen LogP contribution in [0.4, 0.5) is 0 Å². The van der Waals surface area contributed by atoms with E-state index in [-0.39, 0.29) is 5.41 Å². The van der Waals surface area contributed by atoms with Crippen molar-refractivity contribution < 1.29 is 0 Å². The van der Waals surface area contributed by atoms with Crippen molar-refractivity contribution in [2.24, 2.45) is 0 Å². The molecule has 0 aliphatic rings. The smallest absolute Gasteiger partial charge is 0.108 e. The fourth-order valence-electron chi connectivity index (χ4n) is 2.11. The summed E-state index contributed by atoms with van der Waals surface area (Å²) >= 11 is 0. The predicted molar refractivity (Wildman–Crippen MR) is 75.8 cm³/mol. The van der Waals surface area contributed by atoms with Gasteiger partial charge in [-0.3, -0.25) is 0 Å². The summed E-state index contributed by atoms with van der Waals surface area (Å²) in [4.78, 5) is 4.35. The van der Waals surface area contributed by atoms with Gasteiger partial charge in [0.25, 0.3) is 0 Å². The molecule has 0 saturated carbocycles. The molecule has 0 spiro atoms. The molecule has 0 unspecified atom stereocenters. The van der Waals surface area contributed by atoms with Crippen LogP contribution in [-0.2, 0) is 18.4 Å². The molecule has 0 saturated heterocycles. The van der Waals surface area contributed by atoms with Gasteiger partial charge in [0.05, 0.1) is 0 Å². The van der Waals surface area contributed by atoms with Crippen LogP contribution in [0.5, 0.6) is 0 Å². The Labute approximate surface area is 110 Å². The lowest BCUT2D eigenvalue weighted by Gasteiger charge is -2.19. The lowest BCUT2D eigenvalue weighted by Crippen LogP contribution is -2.11. The van der Waals surface area contributed by atoms with E-state index in [9.17, 15) is 0 Å². The van der Waals surface area contributed by atoms with E-state index in [4.69, 9.17) is 0 Å². The first-order valence-electron chi connectivity index (χ1n) is 6.60. The second-order valence-corrected chi connectivity index (χ2v) is 5.77. The monoisotopic (exact) mass is 242 g/mol. The third kappa shape index (κ3) is 2.81. The number of benzene rings is 1. The molecule has 2 rings (SSSR count). The summed E-state index contributed by atoms with van der Waals surface area (Å²) in [5.74, 6) is 1.15. The van der Waals surface area contributed by atoms with Crippen LogP contribution in [0.3, 0.4) is 0 Å². The number of rotatable bonds is 3. The normalized spacial score (nSPS) is 11.8. The Balaban J connectivity index is 2.16. The van der Waals surface area contributed by atoms with Gasteiger partial charge in [0, 0.05) is 25.4 Å². The number of hydrogen-bond acceptors (Lipinski definition) is 1. The molecule has 0 N–H and O–H groups in total. The second kappa shape index (κ2) is 4.97. The second-order valence-electron chi connectivity index (χ2n) is 5.77. The van der Waals surface area contributed by atoms with Gasteiger partial charge in [0.15, 0.2) is 0 Å². The van der Waals surface area contributed by atoms with Crippen molar-refractivity contribution in [2.75, 3.05) is 0 Å². The molecule has 18 heavy (non-hydrogen) atoms. The Kier molecular flexibility index (Phi) is 3.55. The molecule has 2 aromatic rings. The number of aryl methyl sites for hydroxylation is 1. The van der Waals surface area contributed by atoms with Crippen molar-refractivity contribution in [2.45, 2.75) is 46.1 Å². The summed E-state index contributed by atoms with van der Waals surface area (Å²) < 4.78 is 2.21. The quantitative estimate of drug-likeness (QED) is 0.800. The van der Waals surface area contributed by atoms with Crippen LogP contribution in [0.2, 0.25) is 0 Å². The molecule has 0 atom stereocenters. The lowest BCUT2D eigenvalue weighted by atomic mass is 9.87. The number of nitrogens with zero attached hydrogens (tertiary/aromatic N) is 2. The molecular weight excluding hydrogens is 220 g/mol. The van der Waals surface area contributed by atoms with Crippen LogP contribution < -0.4 is 0 Å². The molecule has 96 valence electrons. The molecule has 0 radical (unpaired) electrons. The Hall–Kier alpha value is -1.57. The van der Waals surface area contributed by atoms with Gasteiger partial charge in [0.1, 0.15) is 5.82 Å². The van der Waals surface area contributed by atoms with Gasteiger partial charge in [0.2, 0.25) is 0 Å². The highest BCUT2D eigenvalue weighted by atomic mass is 15.1. The molecule has 0 bridgehead atoms. The van der Waals surface area contributed by atoms with Crippen molar-refractivity contribution in [1.82, 2.24) is 9.55 Å². The summed E-state index contributed by atoms with van der Waals surface area (Å²) in [5.41, 5.74) is 2.94. The zero-order valence-corrected chi connectivity index (χ0v) is 11.8. The van der Waals surface area contributed by atoms with Crippen molar-refractivity contribution >= 4 is 0 Å². The van der Waals surface area contributed by atoms with Gasteiger partial charge in [-0.25, -0.2) is 4.98 Å². The minimum Gasteiger partial charge on any atom is -0.331 e. The maximum Gasteiger partial charge on any atom is 0.108 e. The fraction of sp³-hybridized carbons (Fsp3) is 0.438. The van der Waals surface area contributed by atoms with Gasteiger partial charge < -0.3 is 4.57 Å². The highest BCUT2D eigenvalue weighted by Gasteiger charge is 2.12. The van der Waals surface area contributed by atoms with Crippen LogP contribution in [0.15, 0.2) is 36.7 Å². The fourth-order valence-corrected chi connectivity index (χ4v) is 2.11. The Morgan fingerprint density at radius 2 is 1.78 bits per heavy atom. The maximum absolute atomic E-state index is 4.35. The predicted octanol–water partition coefficient (Wildman–Crippen LogP) is 3.79. The van der Waals surface area contributed by atoms with Crippen LogP contribution in [0, 0.1) is 0 Å². The molecule has 1 heterocycles. The summed E-state index contributed by atoms with van der Waals surface area (Å²) in [6.45, 7) is 9.78. The van der Waals surface area contributed by atoms with E-state index in [0.717, 1.165) is 18.8 Å². The van der Waals surface area contributed by atoms with Crippen LogP contribution in [0.1, 0.15) is 44.6 Å². The van der Waals surface area contributed by atoms with E-state index >= 15 is 0 Å². The van der Waals surface area contributed by atoms with Gasteiger partial charge >= 0.3 is 0 Å². The van der Waals surface area contributed by atoms with Crippen LogP contribution in [-0.4, -0.2) is 9.55 Å². The van der Waals surface area contributed by atoms with Gasteiger partial charge in [-0.05, 0) is 16.5 Å². The average molecular weight is 242 g/mol. The van der Waals surface area contributed by atoms with Crippen molar-refractivity contribution in [3.05, 3.63) is 53.6 Å². The molecule has 0 fully saturated rings. The topological polar surface area (TPSA) is 17.8 Å². The first-order chi connectivity index (χ1) is 8.50. The Bertz CT molecular complexity index is 501. The summed E-state index contributed by atoms with van der Waals surface area (Å²) in [5, 5.41) is 0. The van der Waals surface area contributed by atoms with Crippen molar-refractivity contribution in [3.8, 4) is 0 Å². The first-order valence-corrected chi connectivity index (χ1v) is 6.60. The van der Waals surface area contributed by atoms with Gasteiger partial charge in [-0.15, -0.1) is 0 Å². The van der Waals surface area contributed by atoms with Gasteiger partial charge in [-0.2, -0.15) is 0 Å². The third-order valence-electron chi connectivity index (χ3n) is 3.29. The maximum atomic E-state index is 4.35. The van der Waals surface area contributed by atoms with Crippen LogP contribution in [0.25, 0.3) is 0 Å². The molecule has 0 aliphatic heterocycles. The van der Waals surface area contributed by atoms with E-state index in [1.54, 1.807) is 0 Å². The van der Waals surface area contributed by atoms with Crippen LogP contribution >= 0.6 is 0 Å². The molecular formula is C16H22N2. The zero-order chi connectivity index (χ0) is 13.2. The average Bonchev–Trinajstić information content (AvgIpc) is 2.76. The summed E-state index contributed by atoms with van der Waals surface area (Å²) in [6, 6.07) is 8.91. The van der Waals surface area contributed by atoms with E-state index in [1.807, 2.05) is 6.20 Å². The lowest BCUT2D eigenvalue weighted by molar-refractivity contribution is 0.589. The van der Waals surface area contributed by atoms with Crippen molar-refractivity contribution in [3.63, 3.8) is 0 Å². The summed E-state index contributed by atoms with van der Waals surface area (Å²) in [7, 11) is 0. The zero-order valence-electron chi connectivity index (χ0n) is 11.8. The SMILES string of the molecule is CCc1nccn1Cc1ccc(C(C)(C)C)cc1. The molecule has 2 nitrogen and oxygen atoms in total. The van der Waals surface area contributed by atoms with E-state index in [0.29, 0.717) is 0 Å². The van der Waals surface area contributed by atoms with Gasteiger partial charge in [-0.1, -0.05) is 52.0 Å². The van der Waals surface area contributed by atoms with E-state index in [2.05, 4.69) is 67.7 Å². The minimum absolute atomic E-state index is 0.224. The number of hydrogen-bond donors (Lipinski definition) is 0. The van der Waals surface area contributed by atoms with E-state index in [1.165, 1.54) is 11.1 Å². The summed E-state index contributed by atoms with van der Waals surface area (Å²) in [6.07, 6.45) is 4.91. The molecule has 0 aliphatic carbocycles. The molecule has 1 aromatic heterocycles. The standard InChI is InChI=1S/C16H22N2/c1-5-15-17-10-11-18(15)12-13-6-8-14(9-7-13)16(2,3)4/h6-11H,5,12H2,1-4H3. The highest BCUT2D eigenvalue weighted by molar-refractivity contribution is 5.27. The number of imidazole rings is 1. The largest absolute Gasteiger partial charge is 0.331 e. The van der Waals surface area contributed by atoms with E-state index < -0.39 is 0 Å². The van der Waals surface area contributed by atoms with Crippen molar-refractivity contribution in [1.29, 1.82) is 0 Å². The Morgan fingerprint density at radius 3 is 2.33 bits per heavy atom. The first kappa shape index (κ1) is 12.9.